The lowest BCUT2D eigenvalue weighted by atomic mass is 9.85. The van der Waals surface area contributed by atoms with Crippen molar-refractivity contribution in [1.29, 1.82) is 0 Å². The summed E-state index contributed by atoms with van der Waals surface area (Å²) in [4.78, 5) is 60.9. The number of hydrogen-bond acceptors (Lipinski definition) is 8. The third kappa shape index (κ3) is 11.3. The Hall–Kier alpha value is -2.86. The number of benzene rings is 1. The second-order valence-corrected chi connectivity index (χ2v) is 15.7. The molecule has 2 aliphatic heterocycles. The van der Waals surface area contributed by atoms with Gasteiger partial charge in [0.05, 0.1) is 30.7 Å². The number of carbonyl (C=O) groups is 4. The molecular weight excluding hydrogens is 660 g/mol. The number of aliphatic hydroxyl groups excluding tert-OH is 1. The van der Waals surface area contributed by atoms with E-state index >= 15 is 0 Å². The fraction of sp³-hybridized carbons (Fsp3) is 0.756. The van der Waals surface area contributed by atoms with E-state index in [2.05, 4.69) is 19.2 Å². The summed E-state index contributed by atoms with van der Waals surface area (Å²) in [7, 11) is 4.97. The van der Waals surface area contributed by atoms with Gasteiger partial charge in [-0.25, -0.2) is 0 Å². The molecule has 0 spiro atoms. The Balaban J connectivity index is 1.74. The van der Waals surface area contributed by atoms with Crippen molar-refractivity contribution in [1.82, 2.24) is 20.0 Å². The first-order valence-electron chi connectivity index (χ1n) is 19.6. The van der Waals surface area contributed by atoms with E-state index in [1.54, 1.807) is 26.2 Å². The fourth-order valence-corrected chi connectivity index (χ4v) is 8.35. The smallest absolute Gasteiger partial charge is 0.226 e. The predicted molar refractivity (Wildman–Crippen MR) is 203 cm³/mol. The number of piperazine rings is 1. The largest absolute Gasteiger partial charge is 0.396 e. The van der Waals surface area contributed by atoms with E-state index in [1.165, 1.54) is 0 Å². The van der Waals surface area contributed by atoms with Crippen LogP contribution in [0.3, 0.4) is 0 Å². The summed E-state index contributed by atoms with van der Waals surface area (Å²) in [6, 6.07) is 9.27. The Bertz CT molecular complexity index is 1280. The summed E-state index contributed by atoms with van der Waals surface area (Å²) in [5.74, 6) is -1.38. The van der Waals surface area contributed by atoms with Crippen molar-refractivity contribution < 1.29 is 33.8 Å². The van der Waals surface area contributed by atoms with E-state index in [-0.39, 0.29) is 85.3 Å². The molecule has 0 aromatic heterocycles. The molecule has 2 heterocycles. The summed E-state index contributed by atoms with van der Waals surface area (Å²) in [5.41, 5.74) is 1.08. The average Bonchev–Trinajstić information content (AvgIpc) is 3.63. The van der Waals surface area contributed by atoms with Gasteiger partial charge in [0.2, 0.25) is 17.7 Å². The number of aliphatic hydroxyl groups is 1. The maximum atomic E-state index is 14.3. The van der Waals surface area contributed by atoms with Crippen LogP contribution in [0.4, 0.5) is 0 Å². The molecule has 3 amide bonds. The number of likely N-dealkylation sites (tertiary alicyclic amines) is 1. The molecule has 3 rings (SSSR count). The Morgan fingerprint density at radius 1 is 0.962 bits per heavy atom. The number of Topliss-reactive ketones (excluding diaryl/α,β-unsaturated/α-hetero) is 1. The van der Waals surface area contributed by atoms with E-state index in [4.69, 9.17) is 9.47 Å². The maximum Gasteiger partial charge on any atom is 0.226 e. The van der Waals surface area contributed by atoms with Gasteiger partial charge in [-0.1, -0.05) is 71.4 Å². The number of hydrogen-bond donors (Lipinski definition) is 2. The first-order valence-corrected chi connectivity index (χ1v) is 19.6. The van der Waals surface area contributed by atoms with E-state index in [9.17, 15) is 24.3 Å². The Labute approximate surface area is 313 Å². The lowest BCUT2D eigenvalue weighted by Gasteiger charge is -2.41. The minimum atomic E-state index is -0.572. The predicted octanol–water partition coefficient (Wildman–Crippen LogP) is 4.20. The Morgan fingerprint density at radius 3 is 2.21 bits per heavy atom. The molecule has 2 N–H and O–H groups in total. The van der Waals surface area contributed by atoms with Gasteiger partial charge in [-0.2, -0.15) is 0 Å². The number of amides is 3. The van der Waals surface area contributed by atoms with Gasteiger partial charge in [0.1, 0.15) is 5.78 Å². The third-order valence-electron chi connectivity index (χ3n) is 11.8. The van der Waals surface area contributed by atoms with Gasteiger partial charge < -0.3 is 34.6 Å². The minimum absolute atomic E-state index is 0.00318. The third-order valence-corrected chi connectivity index (χ3v) is 11.8. The quantitative estimate of drug-likeness (QED) is 0.205. The van der Waals surface area contributed by atoms with Crippen molar-refractivity contribution in [3.63, 3.8) is 0 Å². The summed E-state index contributed by atoms with van der Waals surface area (Å²) in [6.45, 7) is 14.6. The Kier molecular flexibility index (Phi) is 17.7. The zero-order chi connectivity index (χ0) is 38.5. The number of likely N-dealkylation sites (N-methyl/N-ethyl adjacent to an activating group) is 1. The highest BCUT2D eigenvalue weighted by atomic mass is 16.5. The van der Waals surface area contributed by atoms with Gasteiger partial charge in [-0.3, -0.25) is 19.2 Å². The van der Waals surface area contributed by atoms with E-state index < -0.39 is 24.0 Å². The SMILES string of the molecule is CC[C@H](C)[C@@H]([C@@H](CC(=O)N1CCC[C@H]1[C@H](OC)[C@@H](C)C(=O)C[C@H](CO)Cc1ccccc1)OC)N(C)C(=O)[C@@H](CC(=O)N1CCNC[C@H]1C)C(C)C. The zero-order valence-corrected chi connectivity index (χ0v) is 33.4. The standard InChI is InChI=1S/C41H68N4O7/c1-10-28(4)39(43(7)41(50)33(27(2)3)23-37(48)44-20-18-42-25-29(44)5)36(51-8)24-38(49)45-19-14-17-34(45)40(52-9)30(6)35(47)22-32(26-46)21-31-15-12-11-13-16-31/h11-13,15-16,27-30,32-34,36,39-40,42,46H,10,14,17-26H2,1-9H3/t28-,29+,30-,32+,33-,34-,36+,39-,40+/m0/s1. The van der Waals surface area contributed by atoms with Crippen LogP contribution in [-0.4, -0.2) is 128 Å². The first-order chi connectivity index (χ1) is 24.8. The summed E-state index contributed by atoms with van der Waals surface area (Å²) in [5, 5.41) is 13.4. The van der Waals surface area contributed by atoms with Crippen molar-refractivity contribution >= 4 is 23.5 Å². The molecule has 0 bridgehead atoms. The van der Waals surface area contributed by atoms with Gasteiger partial charge in [-0.05, 0) is 49.5 Å². The van der Waals surface area contributed by atoms with Crippen LogP contribution in [-0.2, 0) is 35.1 Å². The molecule has 0 radical (unpaired) electrons. The van der Waals surface area contributed by atoms with Crippen molar-refractivity contribution in [2.75, 3.05) is 54.1 Å². The lowest BCUT2D eigenvalue weighted by molar-refractivity contribution is -0.150. The summed E-state index contributed by atoms with van der Waals surface area (Å²) >= 11 is 0. The van der Waals surface area contributed by atoms with E-state index in [1.807, 2.05) is 67.8 Å². The second kappa shape index (κ2) is 21.1. The average molecular weight is 729 g/mol. The van der Waals surface area contributed by atoms with Gasteiger partial charge in [0, 0.05) is 84.8 Å². The molecule has 2 saturated heterocycles. The molecule has 1 aromatic carbocycles. The van der Waals surface area contributed by atoms with Crippen LogP contribution in [0.5, 0.6) is 0 Å². The molecule has 52 heavy (non-hydrogen) atoms. The molecule has 0 unspecified atom stereocenters. The van der Waals surface area contributed by atoms with Crippen LogP contribution in [0.2, 0.25) is 0 Å². The molecule has 9 atom stereocenters. The topological polar surface area (TPSA) is 129 Å². The van der Waals surface area contributed by atoms with Crippen molar-refractivity contribution in [2.24, 2.45) is 29.6 Å². The van der Waals surface area contributed by atoms with Crippen molar-refractivity contribution in [3.8, 4) is 0 Å². The highest BCUT2D eigenvalue weighted by Crippen LogP contribution is 2.31. The van der Waals surface area contributed by atoms with Crippen molar-refractivity contribution in [3.05, 3.63) is 35.9 Å². The normalized spacial score (nSPS) is 22.0. The lowest BCUT2D eigenvalue weighted by Crippen LogP contribution is -2.55. The number of nitrogens with one attached hydrogen (secondary N) is 1. The molecule has 0 saturated carbocycles. The number of ketones is 1. The molecule has 0 aliphatic carbocycles. The number of nitrogens with zero attached hydrogens (tertiary/aromatic N) is 3. The molecule has 2 fully saturated rings. The summed E-state index contributed by atoms with van der Waals surface area (Å²) in [6.07, 6.45) is 2.28. The first kappa shape index (κ1) is 43.5. The van der Waals surface area contributed by atoms with Gasteiger partial charge in [-0.15, -0.1) is 0 Å². The second-order valence-electron chi connectivity index (χ2n) is 15.7. The highest BCUT2D eigenvalue weighted by Gasteiger charge is 2.43. The van der Waals surface area contributed by atoms with Crippen LogP contribution in [0.25, 0.3) is 0 Å². The fourth-order valence-electron chi connectivity index (χ4n) is 8.35. The maximum absolute atomic E-state index is 14.3. The monoisotopic (exact) mass is 729 g/mol. The molecule has 2 aliphatic rings. The van der Waals surface area contributed by atoms with Gasteiger partial charge >= 0.3 is 0 Å². The van der Waals surface area contributed by atoms with Gasteiger partial charge in [0.25, 0.3) is 0 Å². The molecule has 11 nitrogen and oxygen atoms in total. The minimum Gasteiger partial charge on any atom is -0.396 e. The van der Waals surface area contributed by atoms with E-state index in [0.717, 1.165) is 37.9 Å². The number of ether oxygens (including phenoxy) is 2. The summed E-state index contributed by atoms with van der Waals surface area (Å²) < 4.78 is 12.0. The zero-order valence-electron chi connectivity index (χ0n) is 33.4. The molecule has 11 heteroatoms. The Morgan fingerprint density at radius 2 is 1.63 bits per heavy atom. The van der Waals surface area contributed by atoms with Gasteiger partial charge in [0.15, 0.2) is 0 Å². The molecule has 294 valence electrons. The van der Waals surface area contributed by atoms with Crippen LogP contribution in [0.1, 0.15) is 85.6 Å². The van der Waals surface area contributed by atoms with Crippen molar-refractivity contribution in [2.45, 2.75) is 117 Å². The highest BCUT2D eigenvalue weighted by molar-refractivity contribution is 5.86. The van der Waals surface area contributed by atoms with Crippen LogP contribution >= 0.6 is 0 Å². The number of rotatable bonds is 20. The number of carbonyl (C=O) groups excluding carboxylic acids is 4. The van der Waals surface area contributed by atoms with E-state index in [0.29, 0.717) is 19.5 Å². The van der Waals surface area contributed by atoms with Crippen LogP contribution in [0, 0.1) is 29.6 Å². The number of methoxy groups -OCH3 is 2. The molecule has 1 aromatic rings. The molecular formula is C41H68N4O7. The van der Waals surface area contributed by atoms with Crippen LogP contribution in [0.15, 0.2) is 30.3 Å². The van der Waals surface area contributed by atoms with Crippen LogP contribution < -0.4 is 5.32 Å².